The molecule has 0 amide bonds. The standard InChI is InChI=1S/C21H14ClNOS/c22-17-6-1-4-14(10-17)19-12-16(21-8-3-9-25-21)13-20(23-19)15-5-2-7-18(24)11-15/h1-13,24H. The van der Waals surface area contributed by atoms with Crippen LogP contribution in [-0.4, -0.2) is 10.1 Å². The lowest BCUT2D eigenvalue weighted by molar-refractivity contribution is 0.475. The van der Waals surface area contributed by atoms with Crippen LogP contribution in [0, 0.1) is 0 Å². The second-order valence-electron chi connectivity index (χ2n) is 5.66. The SMILES string of the molecule is Oc1cccc(-c2cc(-c3cccs3)cc(-c3cccc(Cl)c3)n2)c1. The van der Waals surface area contributed by atoms with Gasteiger partial charge in [-0.1, -0.05) is 41.9 Å². The van der Waals surface area contributed by atoms with Crippen LogP contribution in [0.5, 0.6) is 5.75 Å². The molecule has 0 atom stereocenters. The number of hydrogen-bond donors (Lipinski definition) is 1. The van der Waals surface area contributed by atoms with Crippen LogP contribution in [-0.2, 0) is 0 Å². The third-order valence-electron chi connectivity index (χ3n) is 3.89. The van der Waals surface area contributed by atoms with Crippen LogP contribution in [0.4, 0.5) is 0 Å². The van der Waals surface area contributed by atoms with Crippen molar-refractivity contribution in [1.29, 1.82) is 0 Å². The molecule has 0 saturated carbocycles. The van der Waals surface area contributed by atoms with Crippen LogP contribution in [0.15, 0.2) is 78.2 Å². The van der Waals surface area contributed by atoms with E-state index in [-0.39, 0.29) is 5.75 Å². The van der Waals surface area contributed by atoms with Crippen LogP contribution < -0.4 is 0 Å². The number of hydrogen-bond acceptors (Lipinski definition) is 3. The van der Waals surface area contributed by atoms with Gasteiger partial charge in [-0.3, -0.25) is 0 Å². The highest BCUT2D eigenvalue weighted by Gasteiger charge is 2.10. The molecule has 0 aliphatic carbocycles. The highest BCUT2D eigenvalue weighted by molar-refractivity contribution is 7.13. The molecule has 0 saturated heterocycles. The zero-order chi connectivity index (χ0) is 17.2. The second kappa shape index (κ2) is 6.71. The minimum Gasteiger partial charge on any atom is -0.508 e. The van der Waals surface area contributed by atoms with E-state index in [0.29, 0.717) is 5.02 Å². The van der Waals surface area contributed by atoms with Crippen molar-refractivity contribution in [3.8, 4) is 38.7 Å². The van der Waals surface area contributed by atoms with E-state index in [1.54, 1.807) is 23.5 Å². The summed E-state index contributed by atoms with van der Waals surface area (Å²) in [5.74, 6) is 0.227. The summed E-state index contributed by atoms with van der Waals surface area (Å²) < 4.78 is 0. The summed E-state index contributed by atoms with van der Waals surface area (Å²) in [7, 11) is 0. The first-order chi connectivity index (χ1) is 12.2. The van der Waals surface area contributed by atoms with Gasteiger partial charge in [-0.15, -0.1) is 11.3 Å². The highest BCUT2D eigenvalue weighted by Crippen LogP contribution is 2.33. The average Bonchev–Trinajstić information content (AvgIpc) is 3.16. The van der Waals surface area contributed by atoms with E-state index >= 15 is 0 Å². The molecule has 2 aromatic carbocycles. The molecule has 4 aromatic rings. The molecule has 0 radical (unpaired) electrons. The third kappa shape index (κ3) is 3.43. The Hall–Kier alpha value is -2.62. The highest BCUT2D eigenvalue weighted by atomic mass is 35.5. The van der Waals surface area contributed by atoms with Crippen molar-refractivity contribution in [1.82, 2.24) is 4.98 Å². The summed E-state index contributed by atoms with van der Waals surface area (Å²) in [4.78, 5) is 5.97. The Morgan fingerprint density at radius 3 is 2.12 bits per heavy atom. The van der Waals surface area contributed by atoms with E-state index < -0.39 is 0 Å². The van der Waals surface area contributed by atoms with E-state index in [9.17, 15) is 5.11 Å². The lowest BCUT2D eigenvalue weighted by atomic mass is 10.0. The Balaban J connectivity index is 1.92. The van der Waals surface area contributed by atoms with Gasteiger partial charge in [0, 0.05) is 21.0 Å². The molecule has 25 heavy (non-hydrogen) atoms. The molecule has 0 spiro atoms. The molecule has 2 heterocycles. The lowest BCUT2D eigenvalue weighted by Crippen LogP contribution is -1.90. The van der Waals surface area contributed by atoms with Gasteiger partial charge < -0.3 is 5.11 Å². The number of aromatic nitrogens is 1. The fraction of sp³-hybridized carbons (Fsp3) is 0. The predicted molar refractivity (Wildman–Crippen MR) is 105 cm³/mol. The molecule has 0 aliphatic heterocycles. The zero-order valence-electron chi connectivity index (χ0n) is 13.2. The van der Waals surface area contributed by atoms with Crippen LogP contribution in [0.2, 0.25) is 5.02 Å². The van der Waals surface area contributed by atoms with Gasteiger partial charge in [-0.05, 0) is 53.4 Å². The van der Waals surface area contributed by atoms with Gasteiger partial charge in [0.25, 0.3) is 0 Å². The van der Waals surface area contributed by atoms with E-state index in [0.717, 1.165) is 28.1 Å². The Morgan fingerprint density at radius 1 is 0.760 bits per heavy atom. The monoisotopic (exact) mass is 363 g/mol. The minimum absolute atomic E-state index is 0.227. The van der Waals surface area contributed by atoms with E-state index in [1.807, 2.05) is 42.5 Å². The number of phenolic OH excluding ortho intramolecular Hbond substituents is 1. The molecule has 1 N–H and O–H groups in total. The molecule has 2 aromatic heterocycles. The second-order valence-corrected chi connectivity index (χ2v) is 7.05. The normalized spacial score (nSPS) is 10.8. The van der Waals surface area contributed by atoms with Gasteiger partial charge in [0.15, 0.2) is 0 Å². The van der Waals surface area contributed by atoms with E-state index in [2.05, 4.69) is 23.6 Å². The zero-order valence-corrected chi connectivity index (χ0v) is 14.8. The number of halogens is 1. The molecular formula is C21H14ClNOS. The first-order valence-electron chi connectivity index (χ1n) is 7.80. The first-order valence-corrected chi connectivity index (χ1v) is 9.06. The number of aromatic hydroxyl groups is 1. The number of pyridine rings is 1. The van der Waals surface area contributed by atoms with Crippen LogP contribution >= 0.6 is 22.9 Å². The van der Waals surface area contributed by atoms with Crippen molar-refractivity contribution in [2.75, 3.05) is 0 Å². The number of nitrogens with zero attached hydrogens (tertiary/aromatic N) is 1. The van der Waals surface area contributed by atoms with Crippen molar-refractivity contribution in [2.24, 2.45) is 0 Å². The van der Waals surface area contributed by atoms with Crippen molar-refractivity contribution >= 4 is 22.9 Å². The van der Waals surface area contributed by atoms with Gasteiger partial charge in [-0.25, -0.2) is 4.98 Å². The topological polar surface area (TPSA) is 33.1 Å². The Morgan fingerprint density at radius 2 is 1.48 bits per heavy atom. The first kappa shape index (κ1) is 15.9. The van der Waals surface area contributed by atoms with Crippen molar-refractivity contribution in [3.63, 3.8) is 0 Å². The molecule has 4 rings (SSSR count). The molecule has 0 bridgehead atoms. The number of rotatable bonds is 3. The summed E-state index contributed by atoms with van der Waals surface area (Å²) in [5.41, 5.74) is 4.61. The minimum atomic E-state index is 0.227. The number of thiophene rings is 1. The summed E-state index contributed by atoms with van der Waals surface area (Å²) in [5, 5.41) is 12.5. The Labute approximate surface area is 155 Å². The van der Waals surface area contributed by atoms with Crippen LogP contribution in [0.3, 0.4) is 0 Å². The molecule has 4 heteroatoms. The van der Waals surface area contributed by atoms with Gasteiger partial charge in [0.1, 0.15) is 5.75 Å². The fourth-order valence-corrected chi connectivity index (χ4v) is 3.63. The van der Waals surface area contributed by atoms with Crippen molar-refractivity contribution in [3.05, 3.63) is 83.2 Å². The average molecular weight is 364 g/mol. The maximum absolute atomic E-state index is 9.81. The Bertz CT molecular complexity index is 964. The Kier molecular flexibility index (Phi) is 4.26. The fourth-order valence-electron chi connectivity index (χ4n) is 2.72. The van der Waals surface area contributed by atoms with Gasteiger partial charge in [-0.2, -0.15) is 0 Å². The van der Waals surface area contributed by atoms with E-state index in [1.165, 1.54) is 4.88 Å². The maximum Gasteiger partial charge on any atom is 0.116 e. The van der Waals surface area contributed by atoms with Crippen LogP contribution in [0.25, 0.3) is 33.0 Å². The molecule has 0 aliphatic rings. The summed E-state index contributed by atoms with van der Waals surface area (Å²) in [6, 6.07) is 23.1. The summed E-state index contributed by atoms with van der Waals surface area (Å²) in [6.07, 6.45) is 0. The predicted octanol–water partition coefficient (Wildman–Crippen LogP) is 6.50. The van der Waals surface area contributed by atoms with Gasteiger partial charge in [0.2, 0.25) is 0 Å². The third-order valence-corrected chi connectivity index (χ3v) is 5.05. The lowest BCUT2D eigenvalue weighted by Gasteiger charge is -2.09. The van der Waals surface area contributed by atoms with Crippen molar-refractivity contribution < 1.29 is 5.11 Å². The largest absolute Gasteiger partial charge is 0.508 e. The molecule has 0 fully saturated rings. The quantitative estimate of drug-likeness (QED) is 0.450. The maximum atomic E-state index is 9.81. The smallest absolute Gasteiger partial charge is 0.116 e. The van der Waals surface area contributed by atoms with Gasteiger partial charge in [0.05, 0.1) is 11.4 Å². The van der Waals surface area contributed by atoms with E-state index in [4.69, 9.17) is 16.6 Å². The van der Waals surface area contributed by atoms with Gasteiger partial charge >= 0.3 is 0 Å². The number of phenols is 1. The molecule has 2 nitrogen and oxygen atoms in total. The summed E-state index contributed by atoms with van der Waals surface area (Å²) >= 11 is 7.84. The van der Waals surface area contributed by atoms with Crippen LogP contribution in [0.1, 0.15) is 0 Å². The number of benzene rings is 2. The molecule has 0 unspecified atom stereocenters. The van der Waals surface area contributed by atoms with Crippen molar-refractivity contribution in [2.45, 2.75) is 0 Å². The summed E-state index contributed by atoms with van der Waals surface area (Å²) in [6.45, 7) is 0. The molecule has 122 valence electrons. The molecular weight excluding hydrogens is 350 g/mol.